The maximum absolute atomic E-state index is 13.2. The molecule has 1 saturated heterocycles. The molecule has 1 aromatic rings. The van der Waals surface area contributed by atoms with Crippen LogP contribution >= 0.6 is 23.2 Å². The number of rotatable bonds is 10. The van der Waals surface area contributed by atoms with Crippen molar-refractivity contribution in [3.05, 3.63) is 35.9 Å². The number of hydrogen-bond acceptors (Lipinski definition) is 5. The standard InChI is InChI=1S/C27H40Cl2N2O4/c1-3-35-27(34)23(16-19-8-5-4-6-9-19)30-26(33)21-17-22(28)20(24(29)25(21)32)11-7-10-18-12-14-31(2)15-13-18/h4-6,8-9,18,20-25,32H,3,7,10-17H2,1-2H3,(H,30,33)/t20?,21?,22?,23-,24?,25?/m1/s1. The molecule has 0 spiro atoms. The number of aliphatic hydroxyl groups is 1. The van der Waals surface area contributed by atoms with E-state index in [-0.39, 0.29) is 17.9 Å². The zero-order valence-electron chi connectivity index (χ0n) is 20.9. The van der Waals surface area contributed by atoms with Crippen molar-refractivity contribution in [1.29, 1.82) is 0 Å². The van der Waals surface area contributed by atoms with Gasteiger partial charge in [0.1, 0.15) is 6.04 Å². The van der Waals surface area contributed by atoms with Gasteiger partial charge in [-0.1, -0.05) is 43.2 Å². The quantitative estimate of drug-likeness (QED) is 0.355. The van der Waals surface area contributed by atoms with Gasteiger partial charge in [-0.3, -0.25) is 4.79 Å². The Bertz CT molecular complexity index is 804. The maximum Gasteiger partial charge on any atom is 0.328 e. The first-order chi connectivity index (χ1) is 16.8. The normalized spacial score (nSPS) is 28.9. The molecule has 0 radical (unpaired) electrons. The fraction of sp³-hybridized carbons (Fsp3) is 0.704. The number of ether oxygens (including phenoxy) is 1. The maximum atomic E-state index is 13.2. The lowest BCUT2D eigenvalue weighted by Gasteiger charge is -2.40. The highest BCUT2D eigenvalue weighted by molar-refractivity contribution is 6.24. The summed E-state index contributed by atoms with van der Waals surface area (Å²) in [7, 11) is 2.17. The molecule has 1 amide bonds. The van der Waals surface area contributed by atoms with Gasteiger partial charge in [0, 0.05) is 11.8 Å². The van der Waals surface area contributed by atoms with Crippen molar-refractivity contribution in [3.8, 4) is 0 Å². The van der Waals surface area contributed by atoms with E-state index in [1.807, 2.05) is 30.3 Å². The number of nitrogens with one attached hydrogen (secondary N) is 1. The van der Waals surface area contributed by atoms with Crippen molar-refractivity contribution in [3.63, 3.8) is 0 Å². The minimum absolute atomic E-state index is 0.0474. The number of hydrogen-bond donors (Lipinski definition) is 2. The van der Waals surface area contributed by atoms with E-state index in [4.69, 9.17) is 27.9 Å². The molecule has 3 rings (SSSR count). The van der Waals surface area contributed by atoms with Crippen molar-refractivity contribution >= 4 is 35.1 Å². The fourth-order valence-corrected chi connectivity index (χ4v) is 6.42. The number of esters is 1. The molecular weight excluding hydrogens is 487 g/mol. The van der Waals surface area contributed by atoms with Crippen molar-refractivity contribution in [2.45, 2.75) is 74.8 Å². The Labute approximate surface area is 219 Å². The average Bonchev–Trinajstić information content (AvgIpc) is 2.85. The number of halogens is 2. The van der Waals surface area contributed by atoms with Crippen LogP contribution in [0.15, 0.2) is 30.3 Å². The van der Waals surface area contributed by atoms with Gasteiger partial charge in [0.2, 0.25) is 5.91 Å². The number of alkyl halides is 2. The van der Waals surface area contributed by atoms with E-state index in [0.29, 0.717) is 12.8 Å². The molecule has 5 unspecified atom stereocenters. The average molecular weight is 528 g/mol. The molecule has 6 atom stereocenters. The molecule has 1 aromatic carbocycles. The van der Waals surface area contributed by atoms with Gasteiger partial charge in [-0.2, -0.15) is 0 Å². The van der Waals surface area contributed by atoms with Crippen LogP contribution in [-0.2, 0) is 20.7 Å². The minimum atomic E-state index is -1.01. The molecule has 1 aliphatic heterocycles. The summed E-state index contributed by atoms with van der Waals surface area (Å²) in [5.41, 5.74) is 0.908. The Morgan fingerprint density at radius 2 is 1.86 bits per heavy atom. The summed E-state index contributed by atoms with van der Waals surface area (Å²) in [5.74, 6) is -0.976. The first kappa shape index (κ1) is 28.2. The molecule has 1 aliphatic carbocycles. The zero-order valence-corrected chi connectivity index (χ0v) is 22.4. The molecule has 35 heavy (non-hydrogen) atoms. The third-order valence-corrected chi connectivity index (χ3v) is 8.67. The molecule has 8 heteroatoms. The van der Waals surface area contributed by atoms with Crippen LogP contribution in [-0.4, -0.2) is 71.5 Å². The van der Waals surface area contributed by atoms with Crippen LogP contribution in [0.1, 0.15) is 51.0 Å². The molecule has 1 heterocycles. The number of carbonyl (C=O) groups is 2. The predicted octanol–water partition coefficient (Wildman–Crippen LogP) is 4.00. The second kappa shape index (κ2) is 13.8. The SMILES string of the molecule is CCOC(=O)[C@@H](Cc1ccccc1)NC(=O)C1CC(Cl)C(CCCC2CCN(C)CC2)C(Cl)C1O. The topological polar surface area (TPSA) is 78.9 Å². The largest absolute Gasteiger partial charge is 0.464 e. The van der Waals surface area contributed by atoms with Crippen LogP contribution in [0, 0.1) is 17.8 Å². The van der Waals surface area contributed by atoms with E-state index >= 15 is 0 Å². The Morgan fingerprint density at radius 3 is 2.51 bits per heavy atom. The molecule has 2 N–H and O–H groups in total. The summed E-state index contributed by atoms with van der Waals surface area (Å²) in [6.07, 6.45) is 5.10. The smallest absolute Gasteiger partial charge is 0.328 e. The zero-order chi connectivity index (χ0) is 25.4. The van der Waals surface area contributed by atoms with E-state index in [2.05, 4.69) is 17.3 Å². The number of benzene rings is 1. The summed E-state index contributed by atoms with van der Waals surface area (Å²) in [4.78, 5) is 28.1. The number of likely N-dealkylation sites (tertiary alicyclic amines) is 1. The molecule has 2 aliphatic rings. The monoisotopic (exact) mass is 526 g/mol. The lowest BCUT2D eigenvalue weighted by Crippen LogP contribution is -2.54. The van der Waals surface area contributed by atoms with Crippen molar-refractivity contribution < 1.29 is 19.4 Å². The number of aliphatic hydroxyl groups excluding tert-OH is 1. The van der Waals surface area contributed by atoms with Crippen molar-refractivity contribution in [1.82, 2.24) is 10.2 Å². The summed E-state index contributed by atoms with van der Waals surface area (Å²) in [6, 6.07) is 8.61. The number of amides is 1. The number of piperidine rings is 1. The first-order valence-electron chi connectivity index (χ1n) is 13.0. The highest BCUT2D eigenvalue weighted by Crippen LogP contribution is 2.40. The molecule has 196 valence electrons. The van der Waals surface area contributed by atoms with Gasteiger partial charge in [0.15, 0.2) is 0 Å². The Hall–Kier alpha value is -1.34. The van der Waals surface area contributed by atoms with Crippen LogP contribution in [0.4, 0.5) is 0 Å². The molecular formula is C27H40Cl2N2O4. The van der Waals surface area contributed by atoms with Crippen LogP contribution in [0.2, 0.25) is 0 Å². The molecule has 0 bridgehead atoms. The second-order valence-electron chi connectivity index (χ2n) is 10.1. The predicted molar refractivity (Wildman–Crippen MR) is 140 cm³/mol. The van der Waals surface area contributed by atoms with Crippen LogP contribution in [0.3, 0.4) is 0 Å². The van der Waals surface area contributed by atoms with E-state index < -0.39 is 35.3 Å². The van der Waals surface area contributed by atoms with Gasteiger partial charge in [-0.25, -0.2) is 4.79 Å². The summed E-state index contributed by atoms with van der Waals surface area (Å²) in [5, 5.41) is 12.8. The lowest BCUT2D eigenvalue weighted by molar-refractivity contribution is -0.148. The van der Waals surface area contributed by atoms with E-state index in [9.17, 15) is 14.7 Å². The number of nitrogens with zero attached hydrogens (tertiary/aromatic N) is 1. The van der Waals surface area contributed by atoms with E-state index in [0.717, 1.165) is 43.8 Å². The summed E-state index contributed by atoms with van der Waals surface area (Å²) >= 11 is 13.4. The van der Waals surface area contributed by atoms with Crippen LogP contribution in [0.5, 0.6) is 0 Å². The Kier molecular flexibility index (Phi) is 11.2. The van der Waals surface area contributed by atoms with Gasteiger partial charge >= 0.3 is 5.97 Å². The summed E-state index contributed by atoms with van der Waals surface area (Å²) in [6.45, 7) is 4.25. The van der Waals surface area contributed by atoms with Crippen molar-refractivity contribution in [2.24, 2.45) is 17.8 Å². The van der Waals surface area contributed by atoms with Crippen LogP contribution < -0.4 is 5.32 Å². The Balaban J connectivity index is 1.55. The van der Waals surface area contributed by atoms with Crippen LogP contribution in [0.25, 0.3) is 0 Å². The molecule has 1 saturated carbocycles. The lowest BCUT2D eigenvalue weighted by atomic mass is 9.76. The fourth-order valence-electron chi connectivity index (χ4n) is 5.39. The minimum Gasteiger partial charge on any atom is -0.464 e. The number of carbonyl (C=O) groups excluding carboxylic acids is 2. The third kappa shape index (κ3) is 8.08. The Morgan fingerprint density at radius 1 is 1.17 bits per heavy atom. The first-order valence-corrected chi connectivity index (χ1v) is 13.8. The highest BCUT2D eigenvalue weighted by Gasteiger charge is 2.45. The van der Waals surface area contributed by atoms with Crippen molar-refractivity contribution in [2.75, 3.05) is 26.7 Å². The molecule has 2 fully saturated rings. The molecule has 6 nitrogen and oxygen atoms in total. The van der Waals surface area contributed by atoms with E-state index in [1.165, 1.54) is 12.8 Å². The highest BCUT2D eigenvalue weighted by atomic mass is 35.5. The summed E-state index contributed by atoms with van der Waals surface area (Å²) < 4.78 is 5.18. The van der Waals surface area contributed by atoms with Gasteiger partial charge in [-0.05, 0) is 70.1 Å². The van der Waals surface area contributed by atoms with E-state index in [1.54, 1.807) is 6.92 Å². The van der Waals surface area contributed by atoms with Gasteiger partial charge in [-0.15, -0.1) is 23.2 Å². The van der Waals surface area contributed by atoms with Gasteiger partial charge in [0.05, 0.1) is 24.0 Å². The second-order valence-corrected chi connectivity index (χ2v) is 11.2. The van der Waals surface area contributed by atoms with Gasteiger partial charge < -0.3 is 20.1 Å². The third-order valence-electron chi connectivity index (χ3n) is 7.59. The molecule has 0 aromatic heterocycles. The van der Waals surface area contributed by atoms with Gasteiger partial charge in [0.25, 0.3) is 0 Å².